The van der Waals surface area contributed by atoms with E-state index in [4.69, 9.17) is 22.1 Å². The van der Waals surface area contributed by atoms with E-state index >= 15 is 0 Å². The van der Waals surface area contributed by atoms with Crippen LogP contribution >= 0.6 is 11.6 Å². The first kappa shape index (κ1) is 14.4. The third kappa shape index (κ3) is 3.11. The van der Waals surface area contributed by atoms with Gasteiger partial charge in [0.25, 0.3) is 0 Å². The van der Waals surface area contributed by atoms with E-state index in [9.17, 15) is 0 Å². The second-order valence-electron chi connectivity index (χ2n) is 4.31. The molecule has 0 unspecified atom stereocenters. The molecule has 3 N–H and O–H groups in total. The largest absolute Gasteiger partial charge is 0.495 e. The van der Waals surface area contributed by atoms with Crippen LogP contribution in [-0.2, 0) is 6.42 Å². The highest BCUT2D eigenvalue weighted by Crippen LogP contribution is 2.30. The molecule has 0 aliphatic heterocycles. The SMILES string of the molecule is CCCc1c(N)ncnc1Nc1ccc(Cl)c(OC)c1. The van der Waals surface area contributed by atoms with Crippen molar-refractivity contribution in [3.63, 3.8) is 0 Å². The number of nitrogens with two attached hydrogens (primary N) is 1. The molecule has 0 aliphatic rings. The third-order valence-corrected chi connectivity index (χ3v) is 3.20. The van der Waals surface area contributed by atoms with E-state index in [0.717, 1.165) is 24.1 Å². The van der Waals surface area contributed by atoms with Crippen LogP contribution in [0.5, 0.6) is 5.75 Å². The highest BCUT2D eigenvalue weighted by Gasteiger charge is 2.09. The average molecular weight is 293 g/mol. The van der Waals surface area contributed by atoms with Crippen LogP contribution in [0.2, 0.25) is 5.02 Å². The van der Waals surface area contributed by atoms with Crippen LogP contribution in [0, 0.1) is 0 Å². The molecular formula is C14H17ClN4O. The van der Waals surface area contributed by atoms with Gasteiger partial charge >= 0.3 is 0 Å². The molecule has 2 aromatic rings. The fraction of sp³-hybridized carbons (Fsp3) is 0.286. The van der Waals surface area contributed by atoms with Crippen molar-refractivity contribution < 1.29 is 4.74 Å². The predicted molar refractivity (Wildman–Crippen MR) is 81.7 cm³/mol. The summed E-state index contributed by atoms with van der Waals surface area (Å²) in [4.78, 5) is 8.28. The first-order chi connectivity index (χ1) is 9.65. The zero-order valence-corrected chi connectivity index (χ0v) is 12.2. The zero-order chi connectivity index (χ0) is 14.5. The summed E-state index contributed by atoms with van der Waals surface area (Å²) in [5.41, 5.74) is 7.66. The van der Waals surface area contributed by atoms with Crippen molar-refractivity contribution in [2.45, 2.75) is 19.8 Å². The van der Waals surface area contributed by atoms with Crippen molar-refractivity contribution in [1.82, 2.24) is 9.97 Å². The fourth-order valence-electron chi connectivity index (χ4n) is 1.90. The first-order valence-electron chi connectivity index (χ1n) is 6.35. The summed E-state index contributed by atoms with van der Waals surface area (Å²) in [6.45, 7) is 2.08. The maximum absolute atomic E-state index is 6.01. The quantitative estimate of drug-likeness (QED) is 0.883. The number of rotatable bonds is 5. The molecule has 0 atom stereocenters. The lowest BCUT2D eigenvalue weighted by Crippen LogP contribution is -2.05. The Morgan fingerprint density at radius 1 is 1.35 bits per heavy atom. The molecule has 0 saturated heterocycles. The molecular weight excluding hydrogens is 276 g/mol. The minimum Gasteiger partial charge on any atom is -0.495 e. The number of nitrogen functional groups attached to an aromatic ring is 1. The Morgan fingerprint density at radius 2 is 2.15 bits per heavy atom. The van der Waals surface area contributed by atoms with Gasteiger partial charge in [-0.1, -0.05) is 24.9 Å². The van der Waals surface area contributed by atoms with E-state index in [1.807, 2.05) is 12.1 Å². The number of aromatic nitrogens is 2. The minimum absolute atomic E-state index is 0.505. The molecule has 0 bridgehead atoms. The van der Waals surface area contributed by atoms with E-state index in [0.29, 0.717) is 22.4 Å². The van der Waals surface area contributed by atoms with Gasteiger partial charge in [0.2, 0.25) is 0 Å². The van der Waals surface area contributed by atoms with Gasteiger partial charge in [-0.15, -0.1) is 0 Å². The van der Waals surface area contributed by atoms with Gasteiger partial charge in [0.1, 0.15) is 23.7 Å². The lowest BCUT2D eigenvalue weighted by molar-refractivity contribution is 0.415. The highest BCUT2D eigenvalue weighted by molar-refractivity contribution is 6.32. The molecule has 0 aliphatic carbocycles. The second-order valence-corrected chi connectivity index (χ2v) is 4.72. The van der Waals surface area contributed by atoms with Gasteiger partial charge in [-0.05, 0) is 18.6 Å². The van der Waals surface area contributed by atoms with Gasteiger partial charge in [0.05, 0.1) is 12.1 Å². The van der Waals surface area contributed by atoms with Crippen molar-refractivity contribution in [2.75, 3.05) is 18.2 Å². The molecule has 6 heteroatoms. The van der Waals surface area contributed by atoms with Crippen molar-refractivity contribution in [2.24, 2.45) is 0 Å². The topological polar surface area (TPSA) is 73.1 Å². The Bertz CT molecular complexity index is 604. The molecule has 20 heavy (non-hydrogen) atoms. The van der Waals surface area contributed by atoms with E-state index in [2.05, 4.69) is 22.2 Å². The standard InChI is InChI=1S/C14H17ClN4O/c1-3-4-10-13(16)17-8-18-14(10)19-9-5-6-11(15)12(7-9)20-2/h5-8H,3-4H2,1-2H3,(H3,16,17,18,19). The molecule has 1 aromatic carbocycles. The Balaban J connectivity index is 2.32. The second kappa shape index (κ2) is 6.43. The van der Waals surface area contributed by atoms with Gasteiger partial charge in [-0.2, -0.15) is 0 Å². The predicted octanol–water partition coefficient (Wildman–Crippen LogP) is 3.42. The van der Waals surface area contributed by atoms with E-state index in [-0.39, 0.29) is 0 Å². The summed E-state index contributed by atoms with van der Waals surface area (Å²) < 4.78 is 5.20. The van der Waals surface area contributed by atoms with Crippen LogP contribution in [-0.4, -0.2) is 17.1 Å². The molecule has 1 aromatic heterocycles. The van der Waals surface area contributed by atoms with Gasteiger partial charge in [-0.25, -0.2) is 9.97 Å². The van der Waals surface area contributed by atoms with Crippen LogP contribution < -0.4 is 15.8 Å². The highest BCUT2D eigenvalue weighted by atomic mass is 35.5. The Morgan fingerprint density at radius 3 is 2.85 bits per heavy atom. The van der Waals surface area contributed by atoms with E-state index in [1.54, 1.807) is 13.2 Å². The molecule has 0 spiro atoms. The van der Waals surface area contributed by atoms with Gasteiger partial charge in [0.15, 0.2) is 0 Å². The van der Waals surface area contributed by atoms with Crippen LogP contribution in [0.15, 0.2) is 24.5 Å². The first-order valence-corrected chi connectivity index (χ1v) is 6.73. The third-order valence-electron chi connectivity index (χ3n) is 2.89. The maximum Gasteiger partial charge on any atom is 0.139 e. The zero-order valence-electron chi connectivity index (χ0n) is 11.5. The van der Waals surface area contributed by atoms with Gasteiger partial charge < -0.3 is 15.8 Å². The van der Waals surface area contributed by atoms with Crippen LogP contribution in [0.1, 0.15) is 18.9 Å². The summed E-state index contributed by atoms with van der Waals surface area (Å²) in [6.07, 6.45) is 3.24. The summed E-state index contributed by atoms with van der Waals surface area (Å²) in [7, 11) is 1.58. The number of nitrogens with zero attached hydrogens (tertiary/aromatic N) is 2. The lowest BCUT2D eigenvalue weighted by Gasteiger charge is -2.13. The van der Waals surface area contributed by atoms with Gasteiger partial charge in [0, 0.05) is 17.3 Å². The lowest BCUT2D eigenvalue weighted by atomic mass is 10.1. The minimum atomic E-state index is 0.505. The van der Waals surface area contributed by atoms with Crippen molar-refractivity contribution in [1.29, 1.82) is 0 Å². The van der Waals surface area contributed by atoms with Gasteiger partial charge in [-0.3, -0.25) is 0 Å². The van der Waals surface area contributed by atoms with Crippen LogP contribution in [0.4, 0.5) is 17.3 Å². The van der Waals surface area contributed by atoms with E-state index < -0.39 is 0 Å². The Kier molecular flexibility index (Phi) is 4.63. The Hall–Kier alpha value is -2.01. The average Bonchev–Trinajstić information content (AvgIpc) is 2.44. The number of halogens is 1. The molecule has 0 radical (unpaired) electrons. The number of hydrogen-bond acceptors (Lipinski definition) is 5. The van der Waals surface area contributed by atoms with Crippen molar-refractivity contribution in [3.8, 4) is 5.75 Å². The summed E-state index contributed by atoms with van der Waals surface area (Å²) in [6, 6.07) is 5.45. The summed E-state index contributed by atoms with van der Waals surface area (Å²) in [5, 5.41) is 3.79. The fourth-order valence-corrected chi connectivity index (χ4v) is 2.10. The monoisotopic (exact) mass is 292 g/mol. The smallest absolute Gasteiger partial charge is 0.139 e. The number of anilines is 3. The number of benzene rings is 1. The maximum atomic E-state index is 6.01. The normalized spacial score (nSPS) is 10.3. The van der Waals surface area contributed by atoms with Crippen LogP contribution in [0.3, 0.4) is 0 Å². The van der Waals surface area contributed by atoms with Crippen molar-refractivity contribution in [3.05, 3.63) is 35.1 Å². The Labute approximate surface area is 123 Å². The number of methoxy groups -OCH3 is 1. The number of hydrogen-bond donors (Lipinski definition) is 2. The van der Waals surface area contributed by atoms with Crippen molar-refractivity contribution >= 4 is 28.9 Å². The number of ether oxygens (including phenoxy) is 1. The summed E-state index contributed by atoms with van der Waals surface area (Å²) >= 11 is 6.01. The molecule has 1 heterocycles. The molecule has 0 fully saturated rings. The molecule has 106 valence electrons. The number of nitrogens with one attached hydrogen (secondary N) is 1. The molecule has 0 saturated carbocycles. The summed E-state index contributed by atoms with van der Waals surface area (Å²) in [5.74, 6) is 1.82. The molecule has 5 nitrogen and oxygen atoms in total. The van der Waals surface area contributed by atoms with Crippen LogP contribution in [0.25, 0.3) is 0 Å². The van der Waals surface area contributed by atoms with E-state index in [1.165, 1.54) is 6.33 Å². The molecule has 0 amide bonds. The molecule has 2 rings (SSSR count).